The molecule has 176 valence electrons. The van der Waals surface area contributed by atoms with E-state index >= 15 is 0 Å². The Hall–Kier alpha value is -2.86. The van der Waals surface area contributed by atoms with Crippen LogP contribution in [0.1, 0.15) is 63.1 Å². The quantitative estimate of drug-likeness (QED) is 0.652. The van der Waals surface area contributed by atoms with Crippen molar-refractivity contribution in [1.29, 1.82) is 0 Å². The zero-order valence-electron chi connectivity index (χ0n) is 20.0. The van der Waals surface area contributed by atoms with Gasteiger partial charge in [-0.3, -0.25) is 9.69 Å². The molecule has 1 saturated heterocycles. The third-order valence-electron chi connectivity index (χ3n) is 7.23. The summed E-state index contributed by atoms with van der Waals surface area (Å²) in [6, 6.07) is 14.5. The van der Waals surface area contributed by atoms with Gasteiger partial charge in [-0.25, -0.2) is 4.79 Å². The molecule has 0 spiro atoms. The lowest BCUT2D eigenvalue weighted by Crippen LogP contribution is -2.46. The molecular weight excluding hydrogens is 414 g/mol. The lowest BCUT2D eigenvalue weighted by atomic mass is 9.87. The fourth-order valence-electron chi connectivity index (χ4n) is 5.36. The molecule has 0 aromatic heterocycles. The number of hydrogen-bond donors (Lipinski definition) is 1. The summed E-state index contributed by atoms with van der Waals surface area (Å²) >= 11 is 0. The van der Waals surface area contributed by atoms with Crippen LogP contribution < -0.4 is 4.90 Å². The third-order valence-corrected chi connectivity index (χ3v) is 7.23. The molecule has 6 nitrogen and oxygen atoms in total. The van der Waals surface area contributed by atoms with Crippen LogP contribution in [0.3, 0.4) is 0 Å². The average molecular weight is 450 g/mol. The van der Waals surface area contributed by atoms with E-state index in [0.29, 0.717) is 6.42 Å². The van der Waals surface area contributed by atoms with E-state index in [2.05, 4.69) is 35.2 Å². The van der Waals surface area contributed by atoms with Gasteiger partial charge in [0, 0.05) is 32.2 Å². The average Bonchev–Trinajstić information content (AvgIpc) is 2.83. The summed E-state index contributed by atoms with van der Waals surface area (Å²) < 4.78 is 0. The largest absolute Gasteiger partial charge is 0.465 e. The second-order valence-corrected chi connectivity index (χ2v) is 9.40. The SMILES string of the molecule is CC[C@H]1C[C@@H](N(C)C(=O)O)c2cc(-c3ccc(CN4CCCCC4)cc3)ccc2N1C(C)=O. The highest BCUT2D eigenvalue weighted by molar-refractivity contribution is 5.94. The van der Waals surface area contributed by atoms with Crippen molar-refractivity contribution >= 4 is 17.7 Å². The number of amides is 2. The number of rotatable bonds is 5. The summed E-state index contributed by atoms with van der Waals surface area (Å²) in [6.07, 6.45) is 4.34. The number of nitrogens with zero attached hydrogens (tertiary/aromatic N) is 3. The van der Waals surface area contributed by atoms with Crippen molar-refractivity contribution in [2.45, 2.75) is 64.6 Å². The van der Waals surface area contributed by atoms with Crippen LogP contribution in [0.4, 0.5) is 10.5 Å². The monoisotopic (exact) mass is 449 g/mol. The Labute approximate surface area is 196 Å². The highest BCUT2D eigenvalue weighted by atomic mass is 16.4. The van der Waals surface area contributed by atoms with Crippen molar-refractivity contribution in [2.24, 2.45) is 0 Å². The van der Waals surface area contributed by atoms with Crippen LogP contribution in [0.2, 0.25) is 0 Å². The zero-order chi connectivity index (χ0) is 23.5. The molecular formula is C27H35N3O3. The second kappa shape index (κ2) is 9.96. The molecule has 1 N–H and O–H groups in total. The number of carboxylic acid groups (broad SMARTS) is 1. The first kappa shape index (κ1) is 23.3. The number of hydrogen-bond acceptors (Lipinski definition) is 3. The molecule has 0 unspecified atom stereocenters. The molecule has 2 atom stereocenters. The van der Waals surface area contributed by atoms with Crippen molar-refractivity contribution in [3.63, 3.8) is 0 Å². The van der Waals surface area contributed by atoms with E-state index in [1.807, 2.05) is 24.0 Å². The molecule has 4 rings (SSSR count). The Bertz CT molecular complexity index is 998. The Morgan fingerprint density at radius 1 is 1.03 bits per heavy atom. The molecule has 0 bridgehead atoms. The predicted molar refractivity (Wildman–Crippen MR) is 131 cm³/mol. The number of anilines is 1. The number of piperidine rings is 1. The van der Waals surface area contributed by atoms with Crippen molar-refractivity contribution in [2.75, 3.05) is 25.0 Å². The molecule has 2 heterocycles. The van der Waals surface area contributed by atoms with Crippen molar-refractivity contribution in [1.82, 2.24) is 9.80 Å². The van der Waals surface area contributed by atoms with Crippen LogP contribution in [0.25, 0.3) is 11.1 Å². The first-order chi connectivity index (χ1) is 15.9. The van der Waals surface area contributed by atoms with Gasteiger partial charge in [0.15, 0.2) is 0 Å². The number of benzene rings is 2. The Kier molecular flexibility index (Phi) is 7.03. The maximum atomic E-state index is 12.5. The van der Waals surface area contributed by atoms with Gasteiger partial charge in [-0.15, -0.1) is 0 Å². The molecule has 2 aromatic carbocycles. The maximum Gasteiger partial charge on any atom is 0.407 e. The van der Waals surface area contributed by atoms with Gasteiger partial charge in [-0.05, 0) is 73.2 Å². The molecule has 33 heavy (non-hydrogen) atoms. The molecule has 2 aliphatic rings. The summed E-state index contributed by atoms with van der Waals surface area (Å²) in [5.74, 6) is -0.00524. The Morgan fingerprint density at radius 3 is 2.30 bits per heavy atom. The van der Waals surface area contributed by atoms with Gasteiger partial charge >= 0.3 is 6.09 Å². The predicted octanol–water partition coefficient (Wildman–Crippen LogP) is 5.53. The number of carbonyl (C=O) groups excluding carboxylic acids is 1. The molecule has 0 radical (unpaired) electrons. The summed E-state index contributed by atoms with van der Waals surface area (Å²) in [6.45, 7) is 6.97. The summed E-state index contributed by atoms with van der Waals surface area (Å²) in [7, 11) is 1.62. The lowest BCUT2D eigenvalue weighted by molar-refractivity contribution is -0.117. The minimum absolute atomic E-state index is 0.00524. The van der Waals surface area contributed by atoms with Crippen molar-refractivity contribution < 1.29 is 14.7 Å². The smallest absolute Gasteiger partial charge is 0.407 e. The van der Waals surface area contributed by atoms with Gasteiger partial charge in [-0.2, -0.15) is 0 Å². The topological polar surface area (TPSA) is 64.1 Å². The van der Waals surface area contributed by atoms with E-state index in [9.17, 15) is 14.7 Å². The van der Waals surface area contributed by atoms with Gasteiger partial charge in [0.25, 0.3) is 0 Å². The molecule has 0 aliphatic carbocycles. The zero-order valence-corrected chi connectivity index (χ0v) is 20.0. The maximum absolute atomic E-state index is 12.5. The summed E-state index contributed by atoms with van der Waals surface area (Å²) in [4.78, 5) is 30.0. The van der Waals surface area contributed by atoms with E-state index in [1.165, 1.54) is 42.8 Å². The lowest BCUT2D eigenvalue weighted by Gasteiger charge is -2.42. The van der Waals surface area contributed by atoms with Gasteiger partial charge in [0.2, 0.25) is 5.91 Å². The molecule has 2 aliphatic heterocycles. The van der Waals surface area contributed by atoms with Gasteiger partial charge < -0.3 is 14.9 Å². The van der Waals surface area contributed by atoms with Gasteiger partial charge in [0.05, 0.1) is 6.04 Å². The Morgan fingerprint density at radius 2 is 1.70 bits per heavy atom. The number of likely N-dealkylation sites (tertiary alicyclic amines) is 1. The normalized spacial score (nSPS) is 20.9. The summed E-state index contributed by atoms with van der Waals surface area (Å²) in [5.41, 5.74) is 5.18. The Balaban J connectivity index is 1.65. The van der Waals surface area contributed by atoms with Crippen LogP contribution in [-0.2, 0) is 11.3 Å². The minimum Gasteiger partial charge on any atom is -0.465 e. The fraction of sp³-hybridized carbons (Fsp3) is 0.481. The standard InChI is InChI=1S/C27H35N3O3/c1-4-23-17-26(28(3)27(32)33)24-16-22(12-13-25(24)30(23)19(2)31)21-10-8-20(9-11-21)18-29-14-6-5-7-15-29/h8-13,16,23,26H,4-7,14-15,17-18H2,1-3H3,(H,32,33)/t23-,26+/m0/s1. The van der Waals surface area contributed by atoms with Crippen LogP contribution in [-0.4, -0.2) is 53.1 Å². The second-order valence-electron chi connectivity index (χ2n) is 9.40. The molecule has 6 heteroatoms. The first-order valence-electron chi connectivity index (χ1n) is 12.1. The van der Waals surface area contributed by atoms with E-state index < -0.39 is 6.09 Å². The first-order valence-corrected chi connectivity index (χ1v) is 12.1. The highest BCUT2D eigenvalue weighted by Crippen LogP contribution is 2.42. The van der Waals surface area contributed by atoms with Gasteiger partial charge in [-0.1, -0.05) is 43.7 Å². The number of carbonyl (C=O) groups is 2. The highest BCUT2D eigenvalue weighted by Gasteiger charge is 2.37. The number of fused-ring (bicyclic) bond motifs is 1. The van der Waals surface area contributed by atoms with Crippen LogP contribution in [0, 0.1) is 0 Å². The molecule has 1 fully saturated rings. The minimum atomic E-state index is -0.954. The van der Waals surface area contributed by atoms with Crippen molar-refractivity contribution in [3.05, 3.63) is 53.6 Å². The summed E-state index contributed by atoms with van der Waals surface area (Å²) in [5, 5.41) is 9.69. The van der Waals surface area contributed by atoms with E-state index in [1.54, 1.807) is 14.0 Å². The fourth-order valence-corrected chi connectivity index (χ4v) is 5.36. The van der Waals surface area contributed by atoms with E-state index in [-0.39, 0.29) is 18.0 Å². The molecule has 2 amide bonds. The van der Waals surface area contributed by atoms with Crippen LogP contribution in [0.5, 0.6) is 0 Å². The van der Waals surface area contributed by atoms with Gasteiger partial charge in [0.1, 0.15) is 0 Å². The van der Waals surface area contributed by atoms with E-state index in [4.69, 9.17) is 0 Å². The van der Waals surface area contributed by atoms with E-state index in [0.717, 1.165) is 35.3 Å². The molecule has 2 aromatic rings. The van der Waals surface area contributed by atoms with Crippen molar-refractivity contribution in [3.8, 4) is 11.1 Å². The third kappa shape index (κ3) is 4.91. The van der Waals surface area contributed by atoms with Crippen LogP contribution in [0.15, 0.2) is 42.5 Å². The molecule has 0 saturated carbocycles. The van der Waals surface area contributed by atoms with Crippen LogP contribution >= 0.6 is 0 Å².